The van der Waals surface area contributed by atoms with Crippen molar-refractivity contribution in [2.45, 2.75) is 17.8 Å². The van der Waals surface area contributed by atoms with Crippen molar-refractivity contribution in [1.29, 1.82) is 0 Å². The van der Waals surface area contributed by atoms with Crippen LogP contribution in [0.25, 0.3) is 17.2 Å². The number of nitrogens with one attached hydrogen (secondary N) is 1. The average molecular weight is 587 g/mol. The van der Waals surface area contributed by atoms with E-state index >= 15 is 0 Å². The lowest BCUT2D eigenvalue weighted by Crippen LogP contribution is -2.50. The van der Waals surface area contributed by atoms with Crippen molar-refractivity contribution in [3.63, 3.8) is 0 Å². The summed E-state index contributed by atoms with van der Waals surface area (Å²) >= 11 is 0. The van der Waals surface area contributed by atoms with E-state index in [4.69, 9.17) is 14.2 Å². The van der Waals surface area contributed by atoms with E-state index in [1.807, 2.05) is 0 Å². The number of hydrogen-bond donors (Lipinski definition) is 2. The zero-order valence-electron chi connectivity index (χ0n) is 22.3. The second kappa shape index (κ2) is 11.5. The third-order valence-electron chi connectivity index (χ3n) is 6.40. The average Bonchev–Trinajstić information content (AvgIpc) is 3.38. The summed E-state index contributed by atoms with van der Waals surface area (Å²) in [6.45, 7) is 0.0202. The standard InChI is InChI=1S/C25H27FN8O6S/c1-38-19-7-5-8-20(39-2)22(19)34-23(18-6-4-9-21(29-18)40-3)30-31-25(34)32-41(36,37)17-10-16(35)13-33(14-17)24-27-11-15(26)12-28-24/h4-9,11-12,16-17,35H,10,13-14H2,1-3H3,(H,31,32)/t16-,17+/m1/s1. The van der Waals surface area contributed by atoms with Crippen LogP contribution in [0.5, 0.6) is 17.4 Å². The zero-order chi connectivity index (χ0) is 29.1. The number of β-amino-alcohol motifs (C(OH)–C–C–N with tert-alkyl or cyclic N) is 1. The number of anilines is 2. The number of para-hydroxylation sites is 1. The normalized spacial score (nSPS) is 17.2. The number of piperidine rings is 1. The number of rotatable bonds is 9. The Morgan fingerprint density at radius 2 is 1.66 bits per heavy atom. The van der Waals surface area contributed by atoms with Crippen LogP contribution < -0.4 is 23.8 Å². The Bertz CT molecular complexity index is 1610. The third-order valence-corrected chi connectivity index (χ3v) is 8.09. The summed E-state index contributed by atoms with van der Waals surface area (Å²) < 4.78 is 61.2. The number of ether oxygens (including phenoxy) is 3. The van der Waals surface area contributed by atoms with Gasteiger partial charge in [0, 0.05) is 19.2 Å². The van der Waals surface area contributed by atoms with Gasteiger partial charge in [0.15, 0.2) is 11.6 Å². The molecule has 41 heavy (non-hydrogen) atoms. The fraction of sp³-hybridized carbons (Fsp3) is 0.320. The molecule has 1 fully saturated rings. The van der Waals surface area contributed by atoms with Gasteiger partial charge in [-0.3, -0.25) is 9.29 Å². The lowest BCUT2D eigenvalue weighted by molar-refractivity contribution is 0.154. The number of nitrogens with zero attached hydrogens (tertiary/aromatic N) is 7. The molecule has 4 aromatic rings. The smallest absolute Gasteiger partial charge is 0.243 e. The molecule has 1 saturated heterocycles. The Kier molecular flexibility index (Phi) is 7.85. The van der Waals surface area contributed by atoms with E-state index in [-0.39, 0.29) is 37.2 Å². The van der Waals surface area contributed by atoms with Crippen molar-refractivity contribution in [1.82, 2.24) is 29.7 Å². The van der Waals surface area contributed by atoms with Gasteiger partial charge in [-0.2, -0.15) is 0 Å². The predicted molar refractivity (Wildman–Crippen MR) is 145 cm³/mol. The molecule has 14 nitrogen and oxygen atoms in total. The third kappa shape index (κ3) is 5.69. The zero-order valence-corrected chi connectivity index (χ0v) is 23.1. The van der Waals surface area contributed by atoms with Gasteiger partial charge in [0.25, 0.3) is 0 Å². The summed E-state index contributed by atoms with van der Waals surface area (Å²) in [5, 5.41) is 17.8. The highest BCUT2D eigenvalue weighted by Crippen LogP contribution is 2.38. The number of aliphatic hydroxyl groups excluding tert-OH is 1. The Labute approximate surface area is 234 Å². The topological polar surface area (TPSA) is 167 Å². The maximum atomic E-state index is 13.7. The molecule has 2 atom stereocenters. The van der Waals surface area contributed by atoms with Gasteiger partial charge in [-0.25, -0.2) is 27.8 Å². The lowest BCUT2D eigenvalue weighted by Gasteiger charge is -2.35. The highest BCUT2D eigenvalue weighted by molar-refractivity contribution is 7.93. The maximum absolute atomic E-state index is 13.7. The summed E-state index contributed by atoms with van der Waals surface area (Å²) in [6.07, 6.45) is 0.872. The summed E-state index contributed by atoms with van der Waals surface area (Å²) in [4.78, 5) is 13.8. The molecule has 0 amide bonds. The molecular weight excluding hydrogens is 559 g/mol. The molecule has 0 aliphatic carbocycles. The van der Waals surface area contributed by atoms with Crippen LogP contribution in [0.15, 0.2) is 48.8 Å². The van der Waals surface area contributed by atoms with E-state index in [2.05, 4.69) is 29.9 Å². The molecule has 3 aromatic heterocycles. The van der Waals surface area contributed by atoms with E-state index in [9.17, 15) is 17.9 Å². The molecule has 5 rings (SSSR count). The first kappa shape index (κ1) is 28.0. The number of pyridine rings is 1. The monoisotopic (exact) mass is 586 g/mol. The van der Waals surface area contributed by atoms with Gasteiger partial charge in [0.1, 0.15) is 28.1 Å². The van der Waals surface area contributed by atoms with E-state index in [0.29, 0.717) is 28.8 Å². The minimum absolute atomic E-state index is 0.0611. The largest absolute Gasteiger partial charge is 0.494 e. The summed E-state index contributed by atoms with van der Waals surface area (Å²) in [5.41, 5.74) is 0.660. The van der Waals surface area contributed by atoms with Crippen LogP contribution in [0.1, 0.15) is 6.42 Å². The quantitative estimate of drug-likeness (QED) is 0.292. The van der Waals surface area contributed by atoms with Crippen LogP contribution in [0.3, 0.4) is 0 Å². The number of benzene rings is 1. The van der Waals surface area contributed by atoms with E-state index in [1.165, 1.54) is 30.8 Å². The summed E-state index contributed by atoms with van der Waals surface area (Å²) in [7, 11) is 0.197. The van der Waals surface area contributed by atoms with Crippen molar-refractivity contribution >= 4 is 21.9 Å². The van der Waals surface area contributed by atoms with Gasteiger partial charge in [-0.05, 0) is 24.6 Å². The second-order valence-electron chi connectivity index (χ2n) is 9.02. The molecule has 0 radical (unpaired) electrons. The number of hydrogen-bond acceptors (Lipinski definition) is 12. The van der Waals surface area contributed by atoms with Crippen molar-refractivity contribution in [3.05, 3.63) is 54.6 Å². The SMILES string of the molecule is COc1cccc(-c2nnc(NS(=O)(=O)[C@H]3C[C@@H](O)CN(c4ncc(F)cn4)C3)n2-c2c(OC)cccc2OC)n1. The number of aromatic nitrogens is 6. The maximum Gasteiger partial charge on any atom is 0.243 e. The molecule has 16 heteroatoms. The first-order valence-corrected chi connectivity index (χ1v) is 13.9. The number of methoxy groups -OCH3 is 3. The first-order valence-electron chi connectivity index (χ1n) is 12.3. The molecule has 1 aliphatic rings. The van der Waals surface area contributed by atoms with Crippen LogP contribution >= 0.6 is 0 Å². The van der Waals surface area contributed by atoms with E-state index in [1.54, 1.807) is 36.4 Å². The van der Waals surface area contributed by atoms with E-state index < -0.39 is 27.2 Å². The molecule has 1 aromatic carbocycles. The Hall–Kier alpha value is -4.57. The van der Waals surface area contributed by atoms with Crippen LogP contribution in [-0.2, 0) is 10.0 Å². The molecule has 2 N–H and O–H groups in total. The molecule has 0 unspecified atom stereocenters. The van der Waals surface area contributed by atoms with Gasteiger partial charge in [0.2, 0.25) is 27.8 Å². The lowest BCUT2D eigenvalue weighted by atomic mass is 10.1. The van der Waals surface area contributed by atoms with Crippen LogP contribution in [0.4, 0.5) is 16.3 Å². The van der Waals surface area contributed by atoms with Crippen molar-refractivity contribution < 1.29 is 32.1 Å². The number of halogens is 1. The van der Waals surface area contributed by atoms with Gasteiger partial charge in [-0.15, -0.1) is 10.2 Å². The van der Waals surface area contributed by atoms with Gasteiger partial charge in [-0.1, -0.05) is 12.1 Å². The number of sulfonamides is 1. The minimum Gasteiger partial charge on any atom is -0.494 e. The highest BCUT2D eigenvalue weighted by Gasteiger charge is 2.37. The summed E-state index contributed by atoms with van der Waals surface area (Å²) in [6, 6.07) is 10.1. The van der Waals surface area contributed by atoms with Crippen molar-refractivity contribution in [3.8, 4) is 34.6 Å². The van der Waals surface area contributed by atoms with Crippen molar-refractivity contribution in [2.75, 3.05) is 44.0 Å². The fourth-order valence-corrected chi connectivity index (χ4v) is 5.93. The minimum atomic E-state index is -4.20. The van der Waals surface area contributed by atoms with Crippen LogP contribution in [0.2, 0.25) is 0 Å². The van der Waals surface area contributed by atoms with Crippen molar-refractivity contribution in [2.24, 2.45) is 0 Å². The van der Waals surface area contributed by atoms with Gasteiger partial charge < -0.3 is 24.2 Å². The molecule has 0 bridgehead atoms. The molecule has 0 spiro atoms. The van der Waals surface area contributed by atoms with Crippen LogP contribution in [-0.4, -0.2) is 89.0 Å². The summed E-state index contributed by atoms with van der Waals surface area (Å²) in [5.74, 6) is 0.475. The van der Waals surface area contributed by atoms with E-state index in [0.717, 1.165) is 12.4 Å². The highest BCUT2D eigenvalue weighted by atomic mass is 32.2. The molecule has 0 saturated carbocycles. The van der Waals surface area contributed by atoms with Gasteiger partial charge >= 0.3 is 0 Å². The Morgan fingerprint density at radius 3 is 2.32 bits per heavy atom. The Morgan fingerprint density at radius 1 is 0.976 bits per heavy atom. The second-order valence-corrected chi connectivity index (χ2v) is 11.0. The molecule has 216 valence electrons. The fourth-order valence-electron chi connectivity index (χ4n) is 4.53. The van der Waals surface area contributed by atoms with Gasteiger partial charge in [0.05, 0.1) is 39.8 Å². The molecule has 1 aliphatic heterocycles. The van der Waals surface area contributed by atoms with Crippen LogP contribution in [0, 0.1) is 5.82 Å². The molecule has 4 heterocycles. The predicted octanol–water partition coefficient (Wildman–Crippen LogP) is 1.67. The Balaban J connectivity index is 1.57. The number of aliphatic hydroxyl groups is 1. The first-order chi connectivity index (χ1) is 19.7. The molecular formula is C25H27FN8O6S.